The Morgan fingerprint density at radius 3 is 3.18 bits per heavy atom. The number of thioether (sulfide) groups is 1. The maximum atomic E-state index is 3.37. The molecular formula is C8H13NS2. The molecule has 62 valence electrons. The molecule has 1 heterocycles. The van der Waals surface area contributed by atoms with Crippen LogP contribution in [0.4, 0.5) is 0 Å². The fraction of sp³-hybridized carbons (Fsp3) is 0.500. The van der Waals surface area contributed by atoms with Gasteiger partial charge in [0.15, 0.2) is 0 Å². The third-order valence-electron chi connectivity index (χ3n) is 1.39. The van der Waals surface area contributed by atoms with Gasteiger partial charge in [-0.15, -0.1) is 0 Å². The van der Waals surface area contributed by atoms with Crippen LogP contribution in [-0.4, -0.2) is 18.6 Å². The molecule has 0 saturated carbocycles. The molecule has 0 unspecified atom stereocenters. The second-order valence-electron chi connectivity index (χ2n) is 2.30. The van der Waals surface area contributed by atoms with Gasteiger partial charge in [-0.2, -0.15) is 23.1 Å². The Morgan fingerprint density at radius 1 is 1.64 bits per heavy atom. The summed E-state index contributed by atoms with van der Waals surface area (Å²) in [5.74, 6) is 1.20. The van der Waals surface area contributed by atoms with Crippen LogP contribution < -0.4 is 5.32 Å². The van der Waals surface area contributed by atoms with Gasteiger partial charge in [-0.05, 0) is 28.6 Å². The lowest BCUT2D eigenvalue weighted by Gasteiger charge is -1.99. The summed E-state index contributed by atoms with van der Waals surface area (Å²) in [7, 11) is 0. The Labute approximate surface area is 76.2 Å². The summed E-state index contributed by atoms with van der Waals surface area (Å²) in [6, 6.07) is 2.16. The van der Waals surface area contributed by atoms with Gasteiger partial charge in [0.2, 0.25) is 0 Å². The van der Waals surface area contributed by atoms with Crippen molar-refractivity contribution in [2.45, 2.75) is 6.54 Å². The molecule has 11 heavy (non-hydrogen) atoms. The third kappa shape index (κ3) is 3.79. The lowest BCUT2D eigenvalue weighted by atomic mass is 10.3. The molecule has 0 aliphatic rings. The molecule has 1 N–H and O–H groups in total. The smallest absolute Gasteiger partial charge is 0.0214 e. The normalized spacial score (nSPS) is 10.3. The van der Waals surface area contributed by atoms with Crippen LogP contribution in [0.5, 0.6) is 0 Å². The monoisotopic (exact) mass is 187 g/mol. The van der Waals surface area contributed by atoms with Crippen molar-refractivity contribution in [2.75, 3.05) is 18.6 Å². The zero-order chi connectivity index (χ0) is 7.94. The summed E-state index contributed by atoms with van der Waals surface area (Å²) in [4.78, 5) is 0. The van der Waals surface area contributed by atoms with E-state index < -0.39 is 0 Å². The largest absolute Gasteiger partial charge is 0.312 e. The van der Waals surface area contributed by atoms with Gasteiger partial charge in [0, 0.05) is 18.8 Å². The highest BCUT2D eigenvalue weighted by molar-refractivity contribution is 7.98. The first-order valence-corrected chi connectivity index (χ1v) is 5.98. The van der Waals surface area contributed by atoms with Crippen molar-refractivity contribution in [3.63, 3.8) is 0 Å². The maximum absolute atomic E-state index is 3.37. The topological polar surface area (TPSA) is 12.0 Å². The molecule has 0 spiro atoms. The van der Waals surface area contributed by atoms with E-state index in [0.29, 0.717) is 0 Å². The van der Waals surface area contributed by atoms with Gasteiger partial charge in [-0.3, -0.25) is 0 Å². The van der Waals surface area contributed by atoms with Crippen LogP contribution in [0.3, 0.4) is 0 Å². The van der Waals surface area contributed by atoms with Crippen LogP contribution in [0.25, 0.3) is 0 Å². The SMILES string of the molecule is CSCCNCc1ccsc1. The third-order valence-corrected chi connectivity index (χ3v) is 2.74. The summed E-state index contributed by atoms with van der Waals surface area (Å²) in [6.45, 7) is 2.13. The second kappa shape index (κ2) is 5.63. The minimum Gasteiger partial charge on any atom is -0.312 e. The van der Waals surface area contributed by atoms with Crippen molar-refractivity contribution in [3.8, 4) is 0 Å². The van der Waals surface area contributed by atoms with Gasteiger partial charge in [0.1, 0.15) is 0 Å². The summed E-state index contributed by atoms with van der Waals surface area (Å²) >= 11 is 3.64. The highest BCUT2D eigenvalue weighted by Gasteiger charge is 1.90. The highest BCUT2D eigenvalue weighted by Crippen LogP contribution is 2.04. The number of rotatable bonds is 5. The van der Waals surface area contributed by atoms with E-state index in [1.165, 1.54) is 11.3 Å². The Morgan fingerprint density at radius 2 is 2.55 bits per heavy atom. The van der Waals surface area contributed by atoms with Crippen molar-refractivity contribution < 1.29 is 0 Å². The Kier molecular flexibility index (Phi) is 4.66. The molecule has 0 saturated heterocycles. The molecule has 0 atom stereocenters. The van der Waals surface area contributed by atoms with Crippen LogP contribution in [0, 0.1) is 0 Å². The molecule has 1 aromatic heterocycles. The van der Waals surface area contributed by atoms with Gasteiger partial charge in [0.05, 0.1) is 0 Å². The maximum Gasteiger partial charge on any atom is 0.0214 e. The van der Waals surface area contributed by atoms with Crippen molar-refractivity contribution in [2.24, 2.45) is 0 Å². The fourth-order valence-electron chi connectivity index (χ4n) is 0.800. The van der Waals surface area contributed by atoms with E-state index in [9.17, 15) is 0 Å². The second-order valence-corrected chi connectivity index (χ2v) is 4.07. The van der Waals surface area contributed by atoms with Crippen LogP contribution in [-0.2, 0) is 6.54 Å². The van der Waals surface area contributed by atoms with E-state index in [2.05, 4.69) is 28.4 Å². The molecule has 0 aliphatic heterocycles. The van der Waals surface area contributed by atoms with Gasteiger partial charge in [-0.1, -0.05) is 0 Å². The Bertz CT molecular complexity index is 172. The van der Waals surface area contributed by atoms with Gasteiger partial charge in [0.25, 0.3) is 0 Å². The predicted octanol–water partition coefficient (Wildman–Crippen LogP) is 2.20. The zero-order valence-corrected chi connectivity index (χ0v) is 8.30. The average Bonchev–Trinajstić information content (AvgIpc) is 2.50. The molecule has 0 amide bonds. The molecule has 0 aliphatic carbocycles. The molecule has 3 heteroatoms. The van der Waals surface area contributed by atoms with E-state index in [0.717, 1.165) is 13.1 Å². The molecule has 1 aromatic rings. The number of thiophene rings is 1. The molecule has 0 fully saturated rings. The standard InChI is InChI=1S/C8H13NS2/c1-10-5-3-9-6-8-2-4-11-7-8/h2,4,7,9H,3,5-6H2,1H3. The van der Waals surface area contributed by atoms with Gasteiger partial charge in [-0.25, -0.2) is 0 Å². The fourth-order valence-corrected chi connectivity index (χ4v) is 1.82. The van der Waals surface area contributed by atoms with Gasteiger partial charge >= 0.3 is 0 Å². The van der Waals surface area contributed by atoms with E-state index in [4.69, 9.17) is 0 Å². The van der Waals surface area contributed by atoms with Crippen molar-refractivity contribution >= 4 is 23.1 Å². The lowest BCUT2D eigenvalue weighted by molar-refractivity contribution is 0.734. The molecule has 0 bridgehead atoms. The first-order valence-electron chi connectivity index (χ1n) is 3.64. The van der Waals surface area contributed by atoms with E-state index >= 15 is 0 Å². The first kappa shape index (κ1) is 9.10. The molecular weight excluding hydrogens is 174 g/mol. The van der Waals surface area contributed by atoms with Crippen LogP contribution in [0.15, 0.2) is 16.8 Å². The van der Waals surface area contributed by atoms with E-state index in [1.54, 1.807) is 11.3 Å². The van der Waals surface area contributed by atoms with Crippen molar-refractivity contribution in [1.82, 2.24) is 5.32 Å². The van der Waals surface area contributed by atoms with Crippen molar-refractivity contribution in [1.29, 1.82) is 0 Å². The summed E-state index contributed by atoms with van der Waals surface area (Å²) in [5.41, 5.74) is 1.40. The number of hydrogen-bond acceptors (Lipinski definition) is 3. The summed E-state index contributed by atoms with van der Waals surface area (Å²) in [6.07, 6.45) is 2.13. The quantitative estimate of drug-likeness (QED) is 0.709. The minimum atomic E-state index is 1.02. The van der Waals surface area contributed by atoms with Crippen LogP contribution in [0.2, 0.25) is 0 Å². The number of hydrogen-bond donors (Lipinski definition) is 1. The lowest BCUT2D eigenvalue weighted by Crippen LogP contribution is -2.15. The Hall–Kier alpha value is 0.01000. The first-order chi connectivity index (χ1) is 5.43. The average molecular weight is 187 g/mol. The summed E-state index contributed by atoms with van der Waals surface area (Å²) in [5, 5.41) is 7.68. The molecule has 0 radical (unpaired) electrons. The van der Waals surface area contributed by atoms with Crippen molar-refractivity contribution in [3.05, 3.63) is 22.4 Å². The Balaban J connectivity index is 2.04. The highest BCUT2D eigenvalue weighted by atomic mass is 32.2. The van der Waals surface area contributed by atoms with E-state index in [1.807, 2.05) is 11.8 Å². The van der Waals surface area contributed by atoms with Gasteiger partial charge < -0.3 is 5.32 Å². The number of nitrogens with one attached hydrogen (secondary N) is 1. The molecule has 0 aromatic carbocycles. The van der Waals surface area contributed by atoms with Crippen LogP contribution >= 0.6 is 23.1 Å². The predicted molar refractivity (Wildman–Crippen MR) is 54.4 cm³/mol. The zero-order valence-electron chi connectivity index (χ0n) is 6.67. The summed E-state index contributed by atoms with van der Waals surface area (Å²) < 4.78 is 0. The molecule has 1 nitrogen and oxygen atoms in total. The van der Waals surface area contributed by atoms with E-state index in [-0.39, 0.29) is 0 Å². The minimum absolute atomic E-state index is 1.02. The van der Waals surface area contributed by atoms with Crippen LogP contribution in [0.1, 0.15) is 5.56 Å². The molecule has 1 rings (SSSR count).